The summed E-state index contributed by atoms with van der Waals surface area (Å²) in [6.07, 6.45) is -1.09. The normalized spacial score (nSPS) is 24.5. The third-order valence-corrected chi connectivity index (χ3v) is 2.29. The Labute approximate surface area is 92.2 Å². The van der Waals surface area contributed by atoms with Gasteiger partial charge < -0.3 is 19.7 Å². The van der Waals surface area contributed by atoms with Crippen molar-refractivity contribution in [3.63, 3.8) is 0 Å². The first-order valence-corrected chi connectivity index (χ1v) is 4.93. The molecule has 1 saturated heterocycles. The van der Waals surface area contributed by atoms with Crippen molar-refractivity contribution in [2.45, 2.75) is 18.8 Å². The van der Waals surface area contributed by atoms with Crippen LogP contribution in [0.15, 0.2) is 24.3 Å². The van der Waals surface area contributed by atoms with Gasteiger partial charge in [-0.05, 0) is 12.1 Å². The fourth-order valence-electron chi connectivity index (χ4n) is 1.60. The molecule has 2 atom stereocenters. The maximum absolute atomic E-state index is 10.5. The lowest BCUT2D eigenvalue weighted by Gasteiger charge is -2.10. The fourth-order valence-corrected chi connectivity index (χ4v) is 1.60. The van der Waals surface area contributed by atoms with Gasteiger partial charge in [-0.1, -0.05) is 12.1 Å². The van der Waals surface area contributed by atoms with Gasteiger partial charge in [-0.15, -0.1) is 0 Å². The van der Waals surface area contributed by atoms with E-state index in [4.69, 9.17) is 14.6 Å². The highest BCUT2D eigenvalue weighted by molar-refractivity contribution is 5.67. The number of rotatable bonds is 3. The molecule has 0 aliphatic carbocycles. The van der Waals surface area contributed by atoms with Gasteiger partial charge >= 0.3 is 5.97 Å². The van der Waals surface area contributed by atoms with Crippen molar-refractivity contribution >= 4 is 5.97 Å². The lowest BCUT2D eigenvalue weighted by atomic mass is 10.2. The number of benzene rings is 1. The number of phenolic OH excluding ortho intramolecular Hbond substituents is 1. The molecule has 1 aliphatic heterocycles. The van der Waals surface area contributed by atoms with E-state index in [1.54, 1.807) is 18.2 Å². The molecule has 86 valence electrons. The maximum atomic E-state index is 10.5. The Morgan fingerprint density at radius 3 is 3.00 bits per heavy atom. The zero-order valence-corrected chi connectivity index (χ0v) is 8.50. The Morgan fingerprint density at radius 2 is 2.31 bits per heavy atom. The first kappa shape index (κ1) is 10.9. The molecule has 0 bridgehead atoms. The van der Waals surface area contributed by atoms with Gasteiger partial charge in [0.25, 0.3) is 0 Å². The highest BCUT2D eigenvalue weighted by Crippen LogP contribution is 2.29. The zero-order chi connectivity index (χ0) is 11.5. The van der Waals surface area contributed by atoms with E-state index in [1.165, 1.54) is 6.07 Å². The molecule has 16 heavy (non-hydrogen) atoms. The predicted molar refractivity (Wildman–Crippen MR) is 53.9 cm³/mol. The van der Waals surface area contributed by atoms with Crippen LogP contribution < -0.4 is 0 Å². The van der Waals surface area contributed by atoms with E-state index < -0.39 is 18.4 Å². The number of carbonyl (C=O) groups is 1. The van der Waals surface area contributed by atoms with Crippen LogP contribution in [0.3, 0.4) is 0 Å². The molecular formula is C11H12O5. The van der Waals surface area contributed by atoms with Crippen molar-refractivity contribution in [3.05, 3.63) is 29.8 Å². The van der Waals surface area contributed by atoms with E-state index in [-0.39, 0.29) is 18.8 Å². The molecule has 2 rings (SSSR count). The standard InChI is InChI=1S/C11H12O5/c12-8-3-1-2-7(4-8)11-15-6-9(16-11)5-10(13)14/h1-4,9,11-12H,5-6H2,(H,13,14). The van der Waals surface area contributed by atoms with E-state index in [2.05, 4.69) is 0 Å². The maximum Gasteiger partial charge on any atom is 0.306 e. The summed E-state index contributed by atoms with van der Waals surface area (Å²) in [5, 5.41) is 17.9. The van der Waals surface area contributed by atoms with Gasteiger partial charge in [0, 0.05) is 5.56 Å². The number of aliphatic carboxylic acids is 1. The monoisotopic (exact) mass is 224 g/mol. The van der Waals surface area contributed by atoms with Crippen molar-refractivity contribution in [2.75, 3.05) is 6.61 Å². The second-order valence-corrected chi connectivity index (χ2v) is 3.62. The summed E-state index contributed by atoms with van der Waals surface area (Å²) in [5.74, 6) is -0.781. The summed E-state index contributed by atoms with van der Waals surface area (Å²) in [7, 11) is 0. The number of ether oxygens (including phenoxy) is 2. The molecule has 2 N–H and O–H groups in total. The van der Waals surface area contributed by atoms with E-state index in [1.807, 2.05) is 0 Å². The summed E-state index contributed by atoms with van der Waals surface area (Å²) in [5.41, 5.74) is 0.688. The van der Waals surface area contributed by atoms with Crippen LogP contribution in [0.5, 0.6) is 5.75 Å². The van der Waals surface area contributed by atoms with Crippen molar-refractivity contribution in [3.8, 4) is 5.75 Å². The summed E-state index contributed by atoms with van der Waals surface area (Å²) in [6.45, 7) is 0.257. The summed E-state index contributed by atoms with van der Waals surface area (Å²) >= 11 is 0. The minimum Gasteiger partial charge on any atom is -0.508 e. The molecule has 5 heteroatoms. The fraction of sp³-hybridized carbons (Fsp3) is 0.364. The van der Waals surface area contributed by atoms with Gasteiger partial charge in [-0.25, -0.2) is 0 Å². The van der Waals surface area contributed by atoms with Crippen LogP contribution in [0.2, 0.25) is 0 Å². The average molecular weight is 224 g/mol. The van der Waals surface area contributed by atoms with Crippen LogP contribution in [-0.2, 0) is 14.3 Å². The van der Waals surface area contributed by atoms with Crippen LogP contribution in [-0.4, -0.2) is 28.9 Å². The van der Waals surface area contributed by atoms with Crippen LogP contribution in [0.4, 0.5) is 0 Å². The first-order valence-electron chi connectivity index (χ1n) is 4.93. The molecule has 1 fully saturated rings. The molecule has 1 aromatic rings. The Kier molecular flexibility index (Phi) is 3.07. The first-order chi connectivity index (χ1) is 7.65. The molecular weight excluding hydrogens is 212 g/mol. The minimum absolute atomic E-state index is 0.0741. The third-order valence-electron chi connectivity index (χ3n) is 2.29. The van der Waals surface area contributed by atoms with Gasteiger partial charge in [-0.3, -0.25) is 4.79 Å². The second-order valence-electron chi connectivity index (χ2n) is 3.62. The Hall–Kier alpha value is -1.59. The highest BCUT2D eigenvalue weighted by atomic mass is 16.7. The van der Waals surface area contributed by atoms with Crippen LogP contribution >= 0.6 is 0 Å². The lowest BCUT2D eigenvalue weighted by molar-refractivity contribution is -0.140. The van der Waals surface area contributed by atoms with Gasteiger partial charge in [-0.2, -0.15) is 0 Å². The molecule has 2 unspecified atom stereocenters. The van der Waals surface area contributed by atoms with E-state index >= 15 is 0 Å². The van der Waals surface area contributed by atoms with E-state index in [0.29, 0.717) is 5.56 Å². The molecule has 1 aromatic carbocycles. The molecule has 0 amide bonds. The van der Waals surface area contributed by atoms with Crippen LogP contribution in [0.1, 0.15) is 18.3 Å². The third kappa shape index (κ3) is 2.50. The van der Waals surface area contributed by atoms with Gasteiger partial charge in [0.15, 0.2) is 6.29 Å². The van der Waals surface area contributed by atoms with E-state index in [9.17, 15) is 9.90 Å². The SMILES string of the molecule is O=C(O)CC1COC(c2cccc(O)c2)O1. The van der Waals surface area contributed by atoms with E-state index in [0.717, 1.165) is 0 Å². The van der Waals surface area contributed by atoms with Crippen molar-refractivity contribution in [1.29, 1.82) is 0 Å². The molecule has 1 heterocycles. The summed E-state index contributed by atoms with van der Waals surface area (Å²) in [6, 6.07) is 6.52. The molecule has 5 nitrogen and oxygen atoms in total. The summed E-state index contributed by atoms with van der Waals surface area (Å²) < 4.78 is 10.7. The molecule has 0 radical (unpaired) electrons. The van der Waals surface area contributed by atoms with Crippen molar-refractivity contribution in [2.24, 2.45) is 0 Å². The Balaban J connectivity index is 2.00. The second kappa shape index (κ2) is 4.51. The predicted octanol–water partition coefficient (Wildman–Crippen LogP) is 1.28. The lowest BCUT2D eigenvalue weighted by Crippen LogP contribution is -2.15. The number of hydrogen-bond donors (Lipinski definition) is 2. The minimum atomic E-state index is -0.912. The Bertz CT molecular complexity index is 390. The van der Waals surface area contributed by atoms with Crippen molar-refractivity contribution in [1.82, 2.24) is 0 Å². The van der Waals surface area contributed by atoms with Gasteiger partial charge in [0.1, 0.15) is 5.75 Å². The molecule has 0 spiro atoms. The number of aromatic hydroxyl groups is 1. The highest BCUT2D eigenvalue weighted by Gasteiger charge is 2.28. The topological polar surface area (TPSA) is 76.0 Å². The number of carboxylic acids is 1. The largest absolute Gasteiger partial charge is 0.508 e. The molecule has 1 aliphatic rings. The van der Waals surface area contributed by atoms with Gasteiger partial charge in [0.05, 0.1) is 19.1 Å². The quantitative estimate of drug-likeness (QED) is 0.808. The van der Waals surface area contributed by atoms with Crippen LogP contribution in [0.25, 0.3) is 0 Å². The van der Waals surface area contributed by atoms with Crippen molar-refractivity contribution < 1.29 is 24.5 Å². The smallest absolute Gasteiger partial charge is 0.306 e. The van der Waals surface area contributed by atoms with Gasteiger partial charge in [0.2, 0.25) is 0 Å². The molecule has 0 aromatic heterocycles. The number of hydrogen-bond acceptors (Lipinski definition) is 4. The zero-order valence-electron chi connectivity index (χ0n) is 8.50. The summed E-state index contributed by atoms with van der Waals surface area (Å²) in [4.78, 5) is 10.5. The number of carboxylic acid groups (broad SMARTS) is 1. The van der Waals surface area contributed by atoms with Crippen LogP contribution in [0, 0.1) is 0 Å². The number of phenols is 1. The Morgan fingerprint density at radius 1 is 1.50 bits per heavy atom. The average Bonchev–Trinajstić information content (AvgIpc) is 2.65. The molecule has 0 saturated carbocycles.